The highest BCUT2D eigenvalue weighted by molar-refractivity contribution is 9.10. The molecule has 0 saturated heterocycles. The molecule has 21 heavy (non-hydrogen) atoms. The third-order valence-corrected chi connectivity index (χ3v) is 3.41. The quantitative estimate of drug-likeness (QED) is 0.751. The minimum atomic E-state index is 0.155. The molecule has 2 aromatic carbocycles. The molecular formula is C16H18BrNO3. The van der Waals surface area contributed by atoms with Gasteiger partial charge in [0.05, 0.1) is 7.11 Å². The Bertz CT molecular complexity index is 589. The average molecular weight is 352 g/mol. The number of nitrogens with one attached hydrogen (secondary N) is 1. The number of halogens is 1. The van der Waals surface area contributed by atoms with Crippen molar-refractivity contribution in [2.75, 3.05) is 20.3 Å². The molecule has 0 amide bonds. The summed E-state index contributed by atoms with van der Waals surface area (Å²) in [5.74, 6) is 1.48. The SMILES string of the molecule is COc1ccc(CNCCOc2cccc(Br)c2)cc1O. The summed E-state index contributed by atoms with van der Waals surface area (Å²) in [4.78, 5) is 0. The van der Waals surface area contributed by atoms with Crippen molar-refractivity contribution in [1.82, 2.24) is 5.32 Å². The summed E-state index contributed by atoms with van der Waals surface area (Å²) in [7, 11) is 1.53. The number of benzene rings is 2. The molecule has 0 aromatic heterocycles. The molecule has 0 heterocycles. The van der Waals surface area contributed by atoms with Gasteiger partial charge in [-0.2, -0.15) is 0 Å². The molecule has 0 unspecified atom stereocenters. The predicted molar refractivity (Wildman–Crippen MR) is 86.0 cm³/mol. The third-order valence-electron chi connectivity index (χ3n) is 2.92. The van der Waals surface area contributed by atoms with E-state index in [1.54, 1.807) is 12.1 Å². The number of phenols is 1. The first kappa shape index (κ1) is 15.7. The highest BCUT2D eigenvalue weighted by Crippen LogP contribution is 2.26. The maximum Gasteiger partial charge on any atom is 0.160 e. The second-order valence-corrected chi connectivity index (χ2v) is 5.40. The summed E-state index contributed by atoms with van der Waals surface area (Å²) in [6.07, 6.45) is 0. The number of hydrogen-bond donors (Lipinski definition) is 2. The van der Waals surface area contributed by atoms with Crippen molar-refractivity contribution in [2.24, 2.45) is 0 Å². The normalized spacial score (nSPS) is 10.4. The Labute approximate surface area is 132 Å². The lowest BCUT2D eigenvalue weighted by molar-refractivity contribution is 0.313. The van der Waals surface area contributed by atoms with Gasteiger partial charge in [-0.25, -0.2) is 0 Å². The summed E-state index contributed by atoms with van der Waals surface area (Å²) in [5.41, 5.74) is 0.996. The number of hydrogen-bond acceptors (Lipinski definition) is 4. The van der Waals surface area contributed by atoms with Crippen molar-refractivity contribution in [3.05, 3.63) is 52.5 Å². The largest absolute Gasteiger partial charge is 0.504 e. The molecule has 2 rings (SSSR count). The molecule has 0 bridgehead atoms. The van der Waals surface area contributed by atoms with Crippen LogP contribution in [0, 0.1) is 0 Å². The molecule has 112 valence electrons. The van der Waals surface area contributed by atoms with Crippen molar-refractivity contribution in [3.8, 4) is 17.2 Å². The summed E-state index contributed by atoms with van der Waals surface area (Å²) in [5, 5.41) is 12.9. The summed E-state index contributed by atoms with van der Waals surface area (Å²) in [6.45, 7) is 1.97. The van der Waals surface area contributed by atoms with E-state index in [-0.39, 0.29) is 5.75 Å². The Morgan fingerprint density at radius 1 is 1.19 bits per heavy atom. The minimum Gasteiger partial charge on any atom is -0.504 e. The van der Waals surface area contributed by atoms with Gasteiger partial charge in [-0.05, 0) is 35.9 Å². The molecule has 0 aliphatic rings. The van der Waals surface area contributed by atoms with E-state index in [1.807, 2.05) is 30.3 Å². The lowest BCUT2D eigenvalue weighted by Gasteiger charge is -2.09. The van der Waals surface area contributed by atoms with Gasteiger partial charge >= 0.3 is 0 Å². The van der Waals surface area contributed by atoms with E-state index in [1.165, 1.54) is 7.11 Å². The number of ether oxygens (including phenoxy) is 2. The van der Waals surface area contributed by atoms with Crippen LogP contribution in [0.25, 0.3) is 0 Å². The van der Waals surface area contributed by atoms with Crippen LogP contribution in [0.1, 0.15) is 5.56 Å². The van der Waals surface area contributed by atoms with E-state index in [9.17, 15) is 5.11 Å². The zero-order valence-electron chi connectivity index (χ0n) is 11.8. The smallest absolute Gasteiger partial charge is 0.160 e. The summed E-state index contributed by atoms with van der Waals surface area (Å²) < 4.78 is 11.6. The second kappa shape index (κ2) is 7.90. The molecule has 0 atom stereocenters. The molecule has 2 aromatic rings. The van der Waals surface area contributed by atoms with E-state index in [0.29, 0.717) is 18.9 Å². The lowest BCUT2D eigenvalue weighted by Crippen LogP contribution is -2.20. The number of phenolic OH excluding ortho intramolecular Hbond substituents is 1. The van der Waals surface area contributed by atoms with E-state index in [2.05, 4.69) is 21.2 Å². The average Bonchev–Trinajstić information content (AvgIpc) is 2.47. The van der Waals surface area contributed by atoms with Crippen molar-refractivity contribution < 1.29 is 14.6 Å². The number of rotatable bonds is 7. The maximum atomic E-state index is 9.69. The number of aromatic hydroxyl groups is 1. The van der Waals surface area contributed by atoms with Crippen molar-refractivity contribution >= 4 is 15.9 Å². The highest BCUT2D eigenvalue weighted by atomic mass is 79.9. The minimum absolute atomic E-state index is 0.155. The first-order chi connectivity index (χ1) is 10.2. The summed E-state index contributed by atoms with van der Waals surface area (Å²) >= 11 is 3.40. The van der Waals surface area contributed by atoms with Crippen molar-refractivity contribution in [2.45, 2.75) is 6.54 Å². The van der Waals surface area contributed by atoms with Crippen LogP contribution >= 0.6 is 15.9 Å². The van der Waals surface area contributed by atoms with E-state index < -0.39 is 0 Å². The van der Waals surface area contributed by atoms with Crippen LogP contribution < -0.4 is 14.8 Å². The van der Waals surface area contributed by atoms with Crippen LogP contribution in [0.3, 0.4) is 0 Å². The molecule has 0 saturated carbocycles. The molecule has 0 radical (unpaired) electrons. The third kappa shape index (κ3) is 4.95. The second-order valence-electron chi connectivity index (χ2n) is 4.49. The molecule has 0 aliphatic heterocycles. The zero-order valence-corrected chi connectivity index (χ0v) is 13.4. The molecule has 5 heteroatoms. The molecule has 0 spiro atoms. The molecule has 0 fully saturated rings. The van der Waals surface area contributed by atoms with E-state index in [0.717, 1.165) is 22.3 Å². The first-order valence-corrected chi connectivity index (χ1v) is 7.43. The van der Waals surface area contributed by atoms with Gasteiger partial charge in [0.2, 0.25) is 0 Å². The van der Waals surface area contributed by atoms with Crippen LogP contribution in [0.2, 0.25) is 0 Å². The number of methoxy groups -OCH3 is 1. The fourth-order valence-corrected chi connectivity index (χ4v) is 2.25. The molecular weight excluding hydrogens is 334 g/mol. The van der Waals surface area contributed by atoms with Gasteiger partial charge in [-0.15, -0.1) is 0 Å². The Balaban J connectivity index is 1.71. The highest BCUT2D eigenvalue weighted by Gasteiger charge is 2.02. The fourth-order valence-electron chi connectivity index (χ4n) is 1.88. The fraction of sp³-hybridized carbons (Fsp3) is 0.250. The van der Waals surface area contributed by atoms with E-state index >= 15 is 0 Å². The Morgan fingerprint density at radius 2 is 2.05 bits per heavy atom. The summed E-state index contributed by atoms with van der Waals surface area (Å²) in [6, 6.07) is 13.1. The van der Waals surface area contributed by atoms with Gasteiger partial charge in [-0.3, -0.25) is 0 Å². The van der Waals surface area contributed by atoms with Gasteiger partial charge in [0.1, 0.15) is 12.4 Å². The molecule has 4 nitrogen and oxygen atoms in total. The van der Waals surface area contributed by atoms with Crippen LogP contribution in [-0.4, -0.2) is 25.4 Å². The van der Waals surface area contributed by atoms with Crippen LogP contribution in [-0.2, 0) is 6.54 Å². The van der Waals surface area contributed by atoms with Gasteiger partial charge in [-0.1, -0.05) is 28.1 Å². The monoisotopic (exact) mass is 351 g/mol. The standard InChI is InChI=1S/C16H18BrNO3/c1-20-16-6-5-12(9-15(16)19)11-18-7-8-21-14-4-2-3-13(17)10-14/h2-6,9-10,18-19H,7-8,11H2,1H3. The van der Waals surface area contributed by atoms with Gasteiger partial charge in [0.15, 0.2) is 11.5 Å². The maximum absolute atomic E-state index is 9.69. The zero-order chi connectivity index (χ0) is 15.1. The Morgan fingerprint density at radius 3 is 2.76 bits per heavy atom. The molecule has 0 aliphatic carbocycles. The topological polar surface area (TPSA) is 50.7 Å². The Kier molecular flexibility index (Phi) is 5.90. The van der Waals surface area contributed by atoms with Gasteiger partial charge < -0.3 is 19.9 Å². The van der Waals surface area contributed by atoms with Gasteiger partial charge in [0, 0.05) is 17.6 Å². The molecule has 2 N–H and O–H groups in total. The van der Waals surface area contributed by atoms with Crippen molar-refractivity contribution in [3.63, 3.8) is 0 Å². The predicted octanol–water partition coefficient (Wildman–Crippen LogP) is 3.33. The van der Waals surface area contributed by atoms with Crippen LogP contribution in [0.15, 0.2) is 46.9 Å². The van der Waals surface area contributed by atoms with Crippen molar-refractivity contribution in [1.29, 1.82) is 0 Å². The van der Waals surface area contributed by atoms with Crippen LogP contribution in [0.4, 0.5) is 0 Å². The van der Waals surface area contributed by atoms with Gasteiger partial charge in [0.25, 0.3) is 0 Å². The first-order valence-electron chi connectivity index (χ1n) is 6.64. The van der Waals surface area contributed by atoms with E-state index in [4.69, 9.17) is 9.47 Å². The lowest BCUT2D eigenvalue weighted by atomic mass is 10.2. The Hall–Kier alpha value is -1.72. The van der Waals surface area contributed by atoms with Crippen LogP contribution in [0.5, 0.6) is 17.2 Å².